The molecule has 0 saturated carbocycles. The van der Waals surface area contributed by atoms with Crippen molar-refractivity contribution >= 4 is 22.7 Å². The highest BCUT2D eigenvalue weighted by atomic mass is 16.2. The van der Waals surface area contributed by atoms with E-state index in [4.69, 9.17) is 0 Å². The molecule has 27 heavy (non-hydrogen) atoms. The molecule has 0 radical (unpaired) electrons. The minimum atomic E-state index is -0.0490. The standard InChI is InChI=1S/C18H21N7O2/c1-12-13(2)20-17-14(12)4-3-5-15(17)18(27)24-8-6-23(7-9-24)16(26)10-25-11-19-21-22-25/h3-5,11,20H,6-10H2,1-2H3. The van der Waals surface area contributed by atoms with E-state index in [1.807, 2.05) is 25.1 Å². The van der Waals surface area contributed by atoms with Gasteiger partial charge < -0.3 is 14.8 Å². The second kappa shape index (κ2) is 6.82. The molecule has 0 unspecified atom stereocenters. The van der Waals surface area contributed by atoms with Crippen LogP contribution in [0.25, 0.3) is 10.9 Å². The number of amides is 2. The molecule has 9 nitrogen and oxygen atoms in total. The number of nitrogens with zero attached hydrogens (tertiary/aromatic N) is 6. The molecule has 2 aromatic heterocycles. The molecule has 3 heterocycles. The number of rotatable bonds is 3. The van der Waals surface area contributed by atoms with E-state index in [0.29, 0.717) is 31.7 Å². The summed E-state index contributed by atoms with van der Waals surface area (Å²) in [5, 5.41) is 11.8. The Morgan fingerprint density at radius 2 is 1.85 bits per heavy atom. The van der Waals surface area contributed by atoms with Gasteiger partial charge in [0.1, 0.15) is 12.9 Å². The van der Waals surface area contributed by atoms with Crippen LogP contribution in [0.1, 0.15) is 21.6 Å². The molecule has 1 N–H and O–H groups in total. The highest BCUT2D eigenvalue weighted by molar-refractivity contribution is 6.06. The topological polar surface area (TPSA) is 100 Å². The Labute approximate surface area is 155 Å². The minimum absolute atomic E-state index is 0.00516. The van der Waals surface area contributed by atoms with Gasteiger partial charge in [0.05, 0.1) is 11.1 Å². The van der Waals surface area contributed by atoms with Gasteiger partial charge in [-0.3, -0.25) is 9.59 Å². The molecule has 0 aliphatic carbocycles. The summed E-state index contributed by atoms with van der Waals surface area (Å²) in [5.74, 6) is -0.0541. The van der Waals surface area contributed by atoms with Crippen LogP contribution >= 0.6 is 0 Å². The maximum atomic E-state index is 13.0. The number of carbonyl (C=O) groups excluding carboxylic acids is 2. The van der Waals surface area contributed by atoms with Crippen molar-refractivity contribution in [1.82, 2.24) is 35.0 Å². The zero-order chi connectivity index (χ0) is 19.0. The van der Waals surface area contributed by atoms with Crippen molar-refractivity contribution in [3.05, 3.63) is 41.3 Å². The number of fused-ring (bicyclic) bond motifs is 1. The molecule has 1 aliphatic rings. The van der Waals surface area contributed by atoms with Gasteiger partial charge in [0.25, 0.3) is 5.91 Å². The first-order valence-electron chi connectivity index (χ1n) is 8.90. The molecule has 2 amide bonds. The Bertz CT molecular complexity index is 985. The van der Waals surface area contributed by atoms with E-state index in [9.17, 15) is 9.59 Å². The SMILES string of the molecule is Cc1[nH]c2c(C(=O)N3CCN(C(=O)Cn4cnnn4)CC3)cccc2c1C. The van der Waals surface area contributed by atoms with Crippen LogP contribution in [0.4, 0.5) is 0 Å². The maximum Gasteiger partial charge on any atom is 0.256 e. The maximum absolute atomic E-state index is 13.0. The van der Waals surface area contributed by atoms with Gasteiger partial charge in [0, 0.05) is 37.3 Å². The van der Waals surface area contributed by atoms with E-state index in [2.05, 4.69) is 27.4 Å². The van der Waals surface area contributed by atoms with E-state index in [-0.39, 0.29) is 18.4 Å². The number of hydrogen-bond acceptors (Lipinski definition) is 5. The van der Waals surface area contributed by atoms with Crippen LogP contribution in [0.3, 0.4) is 0 Å². The van der Waals surface area contributed by atoms with E-state index in [1.54, 1.807) is 9.80 Å². The van der Waals surface area contributed by atoms with E-state index in [0.717, 1.165) is 22.2 Å². The zero-order valence-corrected chi connectivity index (χ0v) is 15.3. The second-order valence-electron chi connectivity index (χ2n) is 6.78. The highest BCUT2D eigenvalue weighted by Gasteiger charge is 2.26. The smallest absolute Gasteiger partial charge is 0.256 e. The summed E-state index contributed by atoms with van der Waals surface area (Å²) in [6.07, 6.45) is 1.42. The fourth-order valence-electron chi connectivity index (χ4n) is 3.48. The molecule has 1 saturated heterocycles. The third kappa shape index (κ3) is 3.16. The largest absolute Gasteiger partial charge is 0.358 e. The Morgan fingerprint density at radius 1 is 1.11 bits per heavy atom. The zero-order valence-electron chi connectivity index (χ0n) is 15.3. The van der Waals surface area contributed by atoms with Crippen LogP contribution in [0.15, 0.2) is 24.5 Å². The quantitative estimate of drug-likeness (QED) is 0.736. The van der Waals surface area contributed by atoms with Crippen LogP contribution in [0.5, 0.6) is 0 Å². The molecule has 1 fully saturated rings. The number of nitrogens with one attached hydrogen (secondary N) is 1. The Hall–Kier alpha value is -3.23. The fourth-order valence-corrected chi connectivity index (χ4v) is 3.48. The summed E-state index contributed by atoms with van der Waals surface area (Å²) in [4.78, 5) is 32.3. The molecule has 0 atom stereocenters. The Balaban J connectivity index is 1.45. The van der Waals surface area contributed by atoms with Crippen LogP contribution in [0.2, 0.25) is 0 Å². The normalized spacial score (nSPS) is 14.7. The molecular weight excluding hydrogens is 346 g/mol. The number of para-hydroxylation sites is 1. The van der Waals surface area contributed by atoms with Gasteiger partial charge in [-0.2, -0.15) is 0 Å². The second-order valence-corrected chi connectivity index (χ2v) is 6.78. The highest BCUT2D eigenvalue weighted by Crippen LogP contribution is 2.25. The van der Waals surface area contributed by atoms with Crippen LogP contribution in [-0.4, -0.2) is 73.0 Å². The van der Waals surface area contributed by atoms with Gasteiger partial charge in [-0.05, 0) is 35.9 Å². The van der Waals surface area contributed by atoms with Gasteiger partial charge in [0.2, 0.25) is 5.91 Å². The fraction of sp³-hybridized carbons (Fsp3) is 0.389. The van der Waals surface area contributed by atoms with Crippen molar-refractivity contribution in [3.8, 4) is 0 Å². The molecule has 3 aromatic rings. The average Bonchev–Trinajstić information content (AvgIpc) is 3.29. The monoisotopic (exact) mass is 367 g/mol. The van der Waals surface area contributed by atoms with E-state index >= 15 is 0 Å². The van der Waals surface area contributed by atoms with Crippen molar-refractivity contribution < 1.29 is 9.59 Å². The van der Waals surface area contributed by atoms with Gasteiger partial charge in [0.15, 0.2) is 0 Å². The number of benzene rings is 1. The molecular formula is C18H21N7O2. The lowest BCUT2D eigenvalue weighted by Crippen LogP contribution is -2.51. The van der Waals surface area contributed by atoms with Crippen molar-refractivity contribution in [1.29, 1.82) is 0 Å². The molecule has 1 aromatic carbocycles. The number of H-pyrrole nitrogens is 1. The van der Waals surface area contributed by atoms with Crippen LogP contribution in [-0.2, 0) is 11.3 Å². The predicted molar refractivity (Wildman–Crippen MR) is 98.1 cm³/mol. The average molecular weight is 367 g/mol. The van der Waals surface area contributed by atoms with Crippen LogP contribution in [0, 0.1) is 13.8 Å². The third-order valence-corrected chi connectivity index (χ3v) is 5.18. The summed E-state index contributed by atoms with van der Waals surface area (Å²) in [5.41, 5.74) is 3.80. The van der Waals surface area contributed by atoms with E-state index < -0.39 is 0 Å². The number of tetrazole rings is 1. The van der Waals surface area contributed by atoms with E-state index in [1.165, 1.54) is 11.0 Å². The number of piperazine rings is 1. The van der Waals surface area contributed by atoms with Gasteiger partial charge in [-0.15, -0.1) is 5.10 Å². The van der Waals surface area contributed by atoms with Crippen molar-refractivity contribution in [2.45, 2.75) is 20.4 Å². The predicted octanol–water partition coefficient (Wildman–Crippen LogP) is 0.756. The Morgan fingerprint density at radius 3 is 2.56 bits per heavy atom. The molecule has 0 bridgehead atoms. The van der Waals surface area contributed by atoms with Crippen LogP contribution < -0.4 is 0 Å². The number of aryl methyl sites for hydroxylation is 2. The molecule has 4 rings (SSSR count). The number of aromatic amines is 1. The Kier molecular flexibility index (Phi) is 4.35. The molecule has 1 aliphatic heterocycles. The lowest BCUT2D eigenvalue weighted by atomic mass is 10.1. The lowest BCUT2D eigenvalue weighted by Gasteiger charge is -2.34. The van der Waals surface area contributed by atoms with Gasteiger partial charge >= 0.3 is 0 Å². The molecule has 9 heteroatoms. The number of aromatic nitrogens is 5. The van der Waals surface area contributed by atoms with Crippen molar-refractivity contribution in [3.63, 3.8) is 0 Å². The number of carbonyl (C=O) groups is 2. The first kappa shape index (κ1) is 17.2. The third-order valence-electron chi connectivity index (χ3n) is 5.18. The first-order valence-corrected chi connectivity index (χ1v) is 8.90. The van der Waals surface area contributed by atoms with Crippen molar-refractivity contribution in [2.24, 2.45) is 0 Å². The minimum Gasteiger partial charge on any atom is -0.358 e. The summed E-state index contributed by atoms with van der Waals surface area (Å²) >= 11 is 0. The van der Waals surface area contributed by atoms with Gasteiger partial charge in [-0.25, -0.2) is 4.68 Å². The molecule has 0 spiro atoms. The lowest BCUT2D eigenvalue weighted by molar-refractivity contribution is -0.133. The number of hydrogen-bond donors (Lipinski definition) is 1. The summed E-state index contributed by atoms with van der Waals surface area (Å²) in [7, 11) is 0. The summed E-state index contributed by atoms with van der Waals surface area (Å²) in [6.45, 7) is 6.21. The summed E-state index contributed by atoms with van der Waals surface area (Å²) in [6, 6.07) is 5.80. The van der Waals surface area contributed by atoms with Gasteiger partial charge in [-0.1, -0.05) is 12.1 Å². The first-order chi connectivity index (χ1) is 13.0. The molecule has 140 valence electrons. The summed E-state index contributed by atoms with van der Waals surface area (Å²) < 4.78 is 1.40. The van der Waals surface area contributed by atoms with Crippen molar-refractivity contribution in [2.75, 3.05) is 26.2 Å².